The van der Waals surface area contributed by atoms with E-state index in [9.17, 15) is 10.1 Å². The molecule has 0 aromatic rings. The molecule has 2 nitrogen and oxygen atoms in total. The minimum atomic E-state index is -0.409. The van der Waals surface area contributed by atoms with E-state index in [4.69, 9.17) is 0 Å². The SMILES string of the molecule is C=CCCC/C=C/C[C@@](C)(C#N)C[C@H]1C(=O)CC[C@H]1C. The Morgan fingerprint density at radius 3 is 2.75 bits per heavy atom. The average Bonchev–Trinajstić information content (AvgIpc) is 2.74. The van der Waals surface area contributed by atoms with Gasteiger partial charge in [-0.15, -0.1) is 6.58 Å². The summed E-state index contributed by atoms with van der Waals surface area (Å²) < 4.78 is 0. The second-order valence-corrected chi connectivity index (χ2v) is 6.36. The van der Waals surface area contributed by atoms with Crippen molar-refractivity contribution in [2.24, 2.45) is 17.3 Å². The van der Waals surface area contributed by atoms with Crippen molar-refractivity contribution < 1.29 is 4.79 Å². The van der Waals surface area contributed by atoms with Crippen molar-refractivity contribution in [1.29, 1.82) is 5.26 Å². The molecule has 20 heavy (non-hydrogen) atoms. The molecule has 0 spiro atoms. The molecule has 0 amide bonds. The number of carbonyl (C=O) groups excluding carboxylic acids is 1. The molecule has 3 atom stereocenters. The maximum absolute atomic E-state index is 11.9. The normalized spacial score (nSPS) is 25.6. The first-order chi connectivity index (χ1) is 9.52. The van der Waals surface area contributed by atoms with E-state index in [2.05, 4.69) is 31.7 Å². The average molecular weight is 273 g/mol. The highest BCUT2D eigenvalue weighted by atomic mass is 16.1. The molecule has 0 heterocycles. The van der Waals surface area contributed by atoms with Crippen LogP contribution in [0.1, 0.15) is 58.8 Å². The van der Waals surface area contributed by atoms with Crippen LogP contribution in [0.4, 0.5) is 0 Å². The van der Waals surface area contributed by atoms with Crippen LogP contribution < -0.4 is 0 Å². The molecule has 2 heteroatoms. The Morgan fingerprint density at radius 1 is 1.45 bits per heavy atom. The van der Waals surface area contributed by atoms with Crippen LogP contribution in [0.5, 0.6) is 0 Å². The second-order valence-electron chi connectivity index (χ2n) is 6.36. The highest BCUT2D eigenvalue weighted by Gasteiger charge is 2.37. The smallest absolute Gasteiger partial charge is 0.136 e. The molecule has 0 saturated heterocycles. The van der Waals surface area contributed by atoms with Crippen molar-refractivity contribution in [3.05, 3.63) is 24.8 Å². The number of hydrogen-bond acceptors (Lipinski definition) is 2. The maximum atomic E-state index is 11.9. The van der Waals surface area contributed by atoms with Gasteiger partial charge in [0.15, 0.2) is 0 Å². The number of rotatable bonds is 8. The summed E-state index contributed by atoms with van der Waals surface area (Å²) in [5.41, 5.74) is -0.409. The first-order valence-corrected chi connectivity index (χ1v) is 7.72. The van der Waals surface area contributed by atoms with Crippen LogP contribution in [0.25, 0.3) is 0 Å². The van der Waals surface area contributed by atoms with E-state index in [0.29, 0.717) is 24.5 Å². The summed E-state index contributed by atoms with van der Waals surface area (Å²) in [6, 6.07) is 2.43. The topological polar surface area (TPSA) is 40.9 Å². The van der Waals surface area contributed by atoms with Gasteiger partial charge in [-0.3, -0.25) is 4.79 Å². The zero-order chi connectivity index (χ0) is 15.0. The first kappa shape index (κ1) is 16.7. The molecule has 1 aliphatic carbocycles. The van der Waals surface area contributed by atoms with Crippen molar-refractivity contribution in [3.8, 4) is 6.07 Å². The lowest BCUT2D eigenvalue weighted by atomic mass is 9.76. The fourth-order valence-electron chi connectivity index (χ4n) is 2.89. The fraction of sp³-hybridized carbons (Fsp3) is 0.667. The Labute approximate surface area is 123 Å². The van der Waals surface area contributed by atoms with Gasteiger partial charge in [0, 0.05) is 12.3 Å². The van der Waals surface area contributed by atoms with Crippen LogP contribution in [0.2, 0.25) is 0 Å². The lowest BCUT2D eigenvalue weighted by Gasteiger charge is -2.25. The summed E-state index contributed by atoms with van der Waals surface area (Å²) in [7, 11) is 0. The molecule has 0 unspecified atom stereocenters. The lowest BCUT2D eigenvalue weighted by molar-refractivity contribution is -0.121. The molecule has 1 saturated carbocycles. The summed E-state index contributed by atoms with van der Waals surface area (Å²) in [6.07, 6.45) is 12.5. The quantitative estimate of drug-likeness (QED) is 0.469. The number of hydrogen-bond donors (Lipinski definition) is 0. The number of nitrogens with zero attached hydrogens (tertiary/aromatic N) is 1. The van der Waals surface area contributed by atoms with Gasteiger partial charge in [0.2, 0.25) is 0 Å². The molecule has 1 fully saturated rings. The van der Waals surface area contributed by atoms with Crippen molar-refractivity contribution in [3.63, 3.8) is 0 Å². The van der Waals surface area contributed by atoms with Crippen molar-refractivity contribution in [2.75, 3.05) is 0 Å². The summed E-state index contributed by atoms with van der Waals surface area (Å²) in [5, 5.41) is 9.45. The third-order valence-electron chi connectivity index (χ3n) is 4.40. The van der Waals surface area contributed by atoms with Gasteiger partial charge in [0.05, 0.1) is 11.5 Å². The van der Waals surface area contributed by atoms with E-state index < -0.39 is 5.41 Å². The minimum Gasteiger partial charge on any atom is -0.299 e. The summed E-state index contributed by atoms with van der Waals surface area (Å²) in [6.45, 7) is 7.83. The van der Waals surface area contributed by atoms with Crippen molar-refractivity contribution in [1.82, 2.24) is 0 Å². The number of allylic oxidation sites excluding steroid dienone is 3. The molecule has 0 aliphatic heterocycles. The Balaban J connectivity index is 2.48. The number of Topliss-reactive ketones (excluding diaryl/α,β-unsaturated/α-hetero) is 1. The molecule has 0 bridgehead atoms. The molecular weight excluding hydrogens is 246 g/mol. The van der Waals surface area contributed by atoms with E-state index in [1.165, 1.54) is 0 Å². The van der Waals surface area contributed by atoms with E-state index >= 15 is 0 Å². The standard InChI is InChI=1S/C18H27NO/c1-4-5-6-7-8-9-12-18(3,14-19)13-16-15(2)10-11-17(16)20/h4,8-9,15-16H,1,5-7,10-13H2,2-3H3/b9-8+/t15-,16-,18-/m1/s1. The van der Waals surface area contributed by atoms with Gasteiger partial charge in [0.1, 0.15) is 5.78 Å². The Kier molecular flexibility index (Phi) is 6.71. The predicted octanol–water partition coefficient (Wildman–Crippen LogP) is 4.82. The van der Waals surface area contributed by atoms with Gasteiger partial charge in [-0.25, -0.2) is 0 Å². The zero-order valence-corrected chi connectivity index (χ0v) is 12.9. The molecular formula is C18H27NO. The lowest BCUT2D eigenvalue weighted by Crippen LogP contribution is -2.23. The van der Waals surface area contributed by atoms with Gasteiger partial charge in [-0.1, -0.05) is 25.2 Å². The van der Waals surface area contributed by atoms with Crippen molar-refractivity contribution in [2.45, 2.75) is 58.8 Å². The van der Waals surface area contributed by atoms with Crippen LogP contribution in [-0.2, 0) is 4.79 Å². The first-order valence-electron chi connectivity index (χ1n) is 7.72. The largest absolute Gasteiger partial charge is 0.299 e. The third-order valence-corrected chi connectivity index (χ3v) is 4.40. The molecule has 1 rings (SSSR count). The Morgan fingerprint density at radius 2 is 2.20 bits per heavy atom. The molecule has 0 radical (unpaired) electrons. The number of ketones is 1. The van der Waals surface area contributed by atoms with Crippen LogP contribution in [0.15, 0.2) is 24.8 Å². The predicted molar refractivity (Wildman–Crippen MR) is 83.0 cm³/mol. The fourth-order valence-corrected chi connectivity index (χ4v) is 2.89. The number of carbonyl (C=O) groups is 1. The molecule has 0 aromatic carbocycles. The van der Waals surface area contributed by atoms with Gasteiger partial charge < -0.3 is 0 Å². The van der Waals surface area contributed by atoms with Gasteiger partial charge in [-0.2, -0.15) is 5.26 Å². The summed E-state index contributed by atoms with van der Waals surface area (Å²) in [4.78, 5) is 11.9. The highest BCUT2D eigenvalue weighted by molar-refractivity contribution is 5.83. The molecule has 110 valence electrons. The van der Waals surface area contributed by atoms with Crippen LogP contribution in [-0.4, -0.2) is 5.78 Å². The highest BCUT2D eigenvalue weighted by Crippen LogP contribution is 2.39. The monoisotopic (exact) mass is 273 g/mol. The zero-order valence-electron chi connectivity index (χ0n) is 12.9. The second kappa shape index (κ2) is 8.04. The number of unbranched alkanes of at least 4 members (excludes halogenated alkanes) is 2. The van der Waals surface area contributed by atoms with Crippen LogP contribution in [0, 0.1) is 28.6 Å². The van der Waals surface area contributed by atoms with E-state index in [-0.39, 0.29) is 5.92 Å². The minimum absolute atomic E-state index is 0.0915. The Bertz CT molecular complexity index is 404. The van der Waals surface area contributed by atoms with E-state index in [1.807, 2.05) is 13.0 Å². The van der Waals surface area contributed by atoms with E-state index in [0.717, 1.165) is 32.1 Å². The number of nitriles is 1. The van der Waals surface area contributed by atoms with Gasteiger partial charge >= 0.3 is 0 Å². The maximum Gasteiger partial charge on any atom is 0.136 e. The van der Waals surface area contributed by atoms with Crippen LogP contribution >= 0.6 is 0 Å². The molecule has 1 aliphatic rings. The molecule has 0 N–H and O–H groups in total. The van der Waals surface area contributed by atoms with E-state index in [1.54, 1.807) is 0 Å². The van der Waals surface area contributed by atoms with Crippen LogP contribution in [0.3, 0.4) is 0 Å². The molecule has 0 aromatic heterocycles. The third kappa shape index (κ3) is 4.96. The summed E-state index contributed by atoms with van der Waals surface area (Å²) in [5.74, 6) is 0.884. The van der Waals surface area contributed by atoms with Crippen molar-refractivity contribution >= 4 is 5.78 Å². The van der Waals surface area contributed by atoms with Gasteiger partial charge in [0.25, 0.3) is 0 Å². The summed E-state index contributed by atoms with van der Waals surface area (Å²) >= 11 is 0. The Hall–Kier alpha value is -1.36. The van der Waals surface area contributed by atoms with Gasteiger partial charge in [-0.05, 0) is 51.4 Å².